The van der Waals surface area contributed by atoms with Crippen molar-refractivity contribution in [1.82, 2.24) is 20.0 Å². The van der Waals surface area contributed by atoms with Crippen LogP contribution in [-0.4, -0.2) is 40.4 Å². The molecule has 1 saturated carbocycles. The molecule has 1 atom stereocenters. The highest BCUT2D eigenvalue weighted by atomic mass is 79.9. The lowest BCUT2D eigenvalue weighted by Gasteiger charge is -2.15. The number of nitrogens with one attached hydrogen (secondary N) is 1. The van der Waals surface area contributed by atoms with E-state index < -0.39 is 0 Å². The fourth-order valence-corrected chi connectivity index (χ4v) is 3.66. The molecule has 1 N–H and O–H groups in total. The van der Waals surface area contributed by atoms with Gasteiger partial charge in [-0.05, 0) is 68.0 Å². The van der Waals surface area contributed by atoms with Crippen LogP contribution >= 0.6 is 15.9 Å². The maximum Gasteiger partial charge on any atom is 0.0739 e. The molecule has 1 aliphatic carbocycles. The van der Waals surface area contributed by atoms with Gasteiger partial charge in [0, 0.05) is 25.7 Å². The molecule has 1 saturated heterocycles. The van der Waals surface area contributed by atoms with E-state index in [-0.39, 0.29) is 0 Å². The van der Waals surface area contributed by atoms with Gasteiger partial charge in [-0.2, -0.15) is 5.10 Å². The van der Waals surface area contributed by atoms with E-state index in [0.717, 1.165) is 41.8 Å². The number of aromatic nitrogens is 2. The Hall–Kier alpha value is -0.390. The summed E-state index contributed by atoms with van der Waals surface area (Å²) in [6.45, 7) is 9.79. The van der Waals surface area contributed by atoms with Crippen LogP contribution in [0, 0.1) is 12.8 Å². The Kier molecular flexibility index (Phi) is 4.48. The van der Waals surface area contributed by atoms with Gasteiger partial charge in [0.05, 0.1) is 15.9 Å². The number of aryl methyl sites for hydroxylation is 2. The molecule has 4 nitrogen and oxygen atoms in total. The van der Waals surface area contributed by atoms with Crippen molar-refractivity contribution in [3.8, 4) is 0 Å². The lowest BCUT2D eigenvalue weighted by atomic mass is 10.1. The smallest absolute Gasteiger partial charge is 0.0739 e. The third kappa shape index (κ3) is 3.10. The van der Waals surface area contributed by atoms with E-state index in [9.17, 15) is 0 Å². The average molecular weight is 341 g/mol. The molecule has 20 heavy (non-hydrogen) atoms. The van der Waals surface area contributed by atoms with E-state index in [1.165, 1.54) is 38.0 Å². The van der Waals surface area contributed by atoms with Crippen LogP contribution in [-0.2, 0) is 13.1 Å². The zero-order chi connectivity index (χ0) is 14.1. The van der Waals surface area contributed by atoms with Gasteiger partial charge in [0.1, 0.15) is 0 Å². The van der Waals surface area contributed by atoms with E-state index in [1.54, 1.807) is 0 Å². The van der Waals surface area contributed by atoms with Crippen molar-refractivity contribution in [3.05, 3.63) is 15.9 Å². The molecule has 1 unspecified atom stereocenters. The summed E-state index contributed by atoms with van der Waals surface area (Å²) in [5.74, 6) is 0.827. The summed E-state index contributed by atoms with van der Waals surface area (Å²) in [4.78, 5) is 2.68. The van der Waals surface area contributed by atoms with Gasteiger partial charge in [0.15, 0.2) is 0 Å². The minimum atomic E-state index is 0.827. The SMILES string of the molecule is CCn1nc(C)c(Br)c1CNCC1CCN(C2CC2)C1. The van der Waals surface area contributed by atoms with Gasteiger partial charge in [0.25, 0.3) is 0 Å². The van der Waals surface area contributed by atoms with Crippen LogP contribution in [0.4, 0.5) is 0 Å². The van der Waals surface area contributed by atoms with Crippen molar-refractivity contribution in [2.45, 2.75) is 52.2 Å². The predicted octanol–water partition coefficient (Wildman–Crippen LogP) is 2.55. The van der Waals surface area contributed by atoms with Crippen molar-refractivity contribution < 1.29 is 0 Å². The Bertz CT molecular complexity index is 467. The van der Waals surface area contributed by atoms with Crippen molar-refractivity contribution in [1.29, 1.82) is 0 Å². The summed E-state index contributed by atoms with van der Waals surface area (Å²) in [6, 6.07) is 0.929. The third-order valence-corrected chi connectivity index (χ3v) is 5.59. The fourth-order valence-electron chi connectivity index (χ4n) is 3.23. The highest BCUT2D eigenvalue weighted by molar-refractivity contribution is 9.10. The molecule has 1 aliphatic heterocycles. The summed E-state index contributed by atoms with van der Waals surface area (Å²) in [5, 5.41) is 8.18. The Morgan fingerprint density at radius 2 is 2.15 bits per heavy atom. The van der Waals surface area contributed by atoms with Crippen LogP contribution in [0.15, 0.2) is 4.47 Å². The average Bonchev–Trinajstić information content (AvgIpc) is 3.13. The van der Waals surface area contributed by atoms with Crippen LogP contribution in [0.25, 0.3) is 0 Å². The summed E-state index contributed by atoms with van der Waals surface area (Å²) in [5.41, 5.74) is 2.37. The number of likely N-dealkylation sites (tertiary alicyclic amines) is 1. The fraction of sp³-hybridized carbons (Fsp3) is 0.800. The number of nitrogens with zero attached hydrogens (tertiary/aromatic N) is 3. The first kappa shape index (κ1) is 14.5. The molecule has 0 radical (unpaired) electrons. The van der Waals surface area contributed by atoms with Gasteiger partial charge in [-0.15, -0.1) is 0 Å². The number of hydrogen-bond acceptors (Lipinski definition) is 3. The largest absolute Gasteiger partial charge is 0.311 e. The number of hydrogen-bond donors (Lipinski definition) is 1. The first-order chi connectivity index (χ1) is 9.69. The molecule has 5 heteroatoms. The van der Waals surface area contributed by atoms with Crippen molar-refractivity contribution in [2.75, 3.05) is 19.6 Å². The molecule has 0 spiro atoms. The highest BCUT2D eigenvalue weighted by Crippen LogP contribution is 2.31. The lowest BCUT2D eigenvalue weighted by molar-refractivity contribution is 0.311. The second kappa shape index (κ2) is 6.16. The van der Waals surface area contributed by atoms with Crippen LogP contribution in [0.3, 0.4) is 0 Å². The van der Waals surface area contributed by atoms with Crippen molar-refractivity contribution >= 4 is 15.9 Å². The Morgan fingerprint density at radius 3 is 2.85 bits per heavy atom. The molecule has 0 bridgehead atoms. The van der Waals surface area contributed by atoms with E-state index in [2.05, 4.69) is 49.8 Å². The Morgan fingerprint density at radius 1 is 1.35 bits per heavy atom. The number of halogens is 1. The van der Waals surface area contributed by atoms with Crippen LogP contribution in [0.1, 0.15) is 37.6 Å². The molecular weight excluding hydrogens is 316 g/mol. The Labute approximate surface area is 130 Å². The van der Waals surface area contributed by atoms with E-state index >= 15 is 0 Å². The van der Waals surface area contributed by atoms with Crippen molar-refractivity contribution in [2.24, 2.45) is 5.92 Å². The first-order valence-corrected chi connectivity index (χ1v) is 8.65. The molecule has 1 aromatic rings. The van der Waals surface area contributed by atoms with E-state index in [0.29, 0.717) is 0 Å². The van der Waals surface area contributed by atoms with E-state index in [4.69, 9.17) is 0 Å². The minimum absolute atomic E-state index is 0.827. The van der Waals surface area contributed by atoms with Crippen molar-refractivity contribution in [3.63, 3.8) is 0 Å². The van der Waals surface area contributed by atoms with Gasteiger partial charge < -0.3 is 10.2 Å². The number of rotatable bonds is 6. The second-order valence-corrected chi connectivity index (χ2v) is 6.97. The normalized spacial score (nSPS) is 23.6. The third-order valence-electron chi connectivity index (χ3n) is 4.56. The molecule has 2 fully saturated rings. The second-order valence-electron chi connectivity index (χ2n) is 6.17. The maximum absolute atomic E-state index is 4.54. The van der Waals surface area contributed by atoms with Gasteiger partial charge in [-0.1, -0.05) is 0 Å². The maximum atomic E-state index is 4.54. The zero-order valence-corrected chi connectivity index (χ0v) is 14.1. The molecule has 0 amide bonds. The predicted molar refractivity (Wildman–Crippen MR) is 84.7 cm³/mol. The monoisotopic (exact) mass is 340 g/mol. The van der Waals surface area contributed by atoms with Crippen LogP contribution in [0.2, 0.25) is 0 Å². The standard InChI is InChI=1S/C15H25BrN4/c1-3-20-14(15(16)11(2)18-20)9-17-8-12-6-7-19(10-12)13-4-5-13/h12-13,17H,3-10H2,1-2H3. The quantitative estimate of drug-likeness (QED) is 0.863. The highest BCUT2D eigenvalue weighted by Gasteiger charge is 2.34. The molecule has 1 aromatic heterocycles. The summed E-state index contributed by atoms with van der Waals surface area (Å²) in [7, 11) is 0. The molecule has 112 valence electrons. The van der Waals surface area contributed by atoms with Crippen LogP contribution in [0.5, 0.6) is 0 Å². The molecule has 2 aliphatic rings. The van der Waals surface area contributed by atoms with E-state index in [1.807, 2.05) is 0 Å². The zero-order valence-electron chi connectivity index (χ0n) is 12.5. The lowest BCUT2D eigenvalue weighted by Crippen LogP contribution is -2.28. The summed E-state index contributed by atoms with van der Waals surface area (Å²) < 4.78 is 3.26. The van der Waals surface area contributed by atoms with Gasteiger partial charge in [-0.25, -0.2) is 0 Å². The van der Waals surface area contributed by atoms with Gasteiger partial charge >= 0.3 is 0 Å². The molecule has 3 rings (SSSR count). The molecular formula is C15H25BrN4. The first-order valence-electron chi connectivity index (χ1n) is 7.85. The molecule has 2 heterocycles. The summed E-state index contributed by atoms with van der Waals surface area (Å²) >= 11 is 3.66. The van der Waals surface area contributed by atoms with Crippen LogP contribution < -0.4 is 5.32 Å². The topological polar surface area (TPSA) is 33.1 Å². The van der Waals surface area contributed by atoms with Gasteiger partial charge in [-0.3, -0.25) is 4.68 Å². The Balaban J connectivity index is 1.48. The summed E-state index contributed by atoms with van der Waals surface area (Å²) in [6.07, 6.45) is 4.22. The minimum Gasteiger partial charge on any atom is -0.311 e. The molecule has 0 aromatic carbocycles. The van der Waals surface area contributed by atoms with Gasteiger partial charge in [0.2, 0.25) is 0 Å².